The minimum absolute atomic E-state index is 0.797. The summed E-state index contributed by atoms with van der Waals surface area (Å²) in [5.74, 6) is 1.91. The summed E-state index contributed by atoms with van der Waals surface area (Å²) in [5.41, 5.74) is 1.31. The summed E-state index contributed by atoms with van der Waals surface area (Å²) in [7, 11) is 1.70. The van der Waals surface area contributed by atoms with Crippen LogP contribution in [0.3, 0.4) is 0 Å². The molecule has 2 rings (SSSR count). The van der Waals surface area contributed by atoms with Crippen LogP contribution in [0.4, 0.5) is 0 Å². The molecule has 96 valence electrons. The molecule has 1 aromatic carbocycles. The largest absolute Gasteiger partial charge is 0.497 e. The highest BCUT2D eigenvalue weighted by atomic mass is 16.5. The average Bonchev–Trinajstić information content (AvgIpc) is 2.92. The number of aromatic amines is 1. The quantitative estimate of drug-likeness (QED) is 0.735. The second-order valence-corrected chi connectivity index (χ2v) is 4.17. The third-order valence-corrected chi connectivity index (χ3v) is 2.80. The van der Waals surface area contributed by atoms with Gasteiger partial charge in [-0.3, -0.25) is 0 Å². The molecule has 2 N–H and O–H groups in total. The number of imidazole rings is 1. The van der Waals surface area contributed by atoms with E-state index in [1.54, 1.807) is 13.3 Å². The lowest BCUT2D eigenvalue weighted by molar-refractivity contribution is 0.414. The number of ether oxygens (including phenoxy) is 1. The third kappa shape index (κ3) is 3.89. The summed E-state index contributed by atoms with van der Waals surface area (Å²) in [6, 6.07) is 8.23. The highest BCUT2D eigenvalue weighted by Crippen LogP contribution is 2.13. The lowest BCUT2D eigenvalue weighted by Gasteiger charge is -2.05. The summed E-state index contributed by atoms with van der Waals surface area (Å²) in [5, 5.41) is 3.36. The number of hydrogen-bond acceptors (Lipinski definition) is 3. The summed E-state index contributed by atoms with van der Waals surface area (Å²) in [6.45, 7) is 1.78. The van der Waals surface area contributed by atoms with E-state index in [0.29, 0.717) is 0 Å². The van der Waals surface area contributed by atoms with Gasteiger partial charge >= 0.3 is 0 Å². The fourth-order valence-corrected chi connectivity index (χ4v) is 1.85. The van der Waals surface area contributed by atoms with Gasteiger partial charge in [0, 0.05) is 12.4 Å². The molecule has 0 bridgehead atoms. The molecule has 0 unspecified atom stereocenters. The van der Waals surface area contributed by atoms with Gasteiger partial charge in [0.05, 0.1) is 13.7 Å². The molecule has 0 aliphatic heterocycles. The molecular weight excluding hydrogens is 226 g/mol. The minimum Gasteiger partial charge on any atom is -0.497 e. The SMILES string of the molecule is COc1cccc(CCCNCc2ncc[nH]2)c1. The molecule has 0 spiro atoms. The molecule has 0 radical (unpaired) electrons. The third-order valence-electron chi connectivity index (χ3n) is 2.80. The number of aromatic nitrogens is 2. The standard InChI is InChI=1S/C14H19N3O/c1-18-13-6-2-4-12(10-13)5-3-7-15-11-14-16-8-9-17-14/h2,4,6,8-10,15H,3,5,7,11H2,1H3,(H,16,17). The normalized spacial score (nSPS) is 10.5. The van der Waals surface area contributed by atoms with E-state index in [4.69, 9.17) is 4.74 Å². The summed E-state index contributed by atoms with van der Waals surface area (Å²) < 4.78 is 5.20. The van der Waals surface area contributed by atoms with Gasteiger partial charge in [0.1, 0.15) is 11.6 Å². The van der Waals surface area contributed by atoms with Gasteiger partial charge in [-0.1, -0.05) is 12.1 Å². The Morgan fingerprint density at radius 1 is 1.39 bits per heavy atom. The van der Waals surface area contributed by atoms with E-state index in [1.807, 2.05) is 18.3 Å². The van der Waals surface area contributed by atoms with Gasteiger partial charge in [0.25, 0.3) is 0 Å². The molecule has 0 aliphatic carbocycles. The smallest absolute Gasteiger partial charge is 0.120 e. The van der Waals surface area contributed by atoms with Gasteiger partial charge in [-0.25, -0.2) is 4.98 Å². The van der Waals surface area contributed by atoms with Crippen LogP contribution in [0.5, 0.6) is 5.75 Å². The first-order valence-electron chi connectivity index (χ1n) is 6.20. The molecule has 1 aromatic heterocycles. The number of hydrogen-bond donors (Lipinski definition) is 2. The van der Waals surface area contributed by atoms with Gasteiger partial charge in [-0.15, -0.1) is 0 Å². The molecule has 0 aliphatic rings. The molecule has 2 aromatic rings. The first kappa shape index (κ1) is 12.6. The first-order valence-corrected chi connectivity index (χ1v) is 6.20. The van der Waals surface area contributed by atoms with Crippen LogP contribution < -0.4 is 10.1 Å². The van der Waals surface area contributed by atoms with E-state index >= 15 is 0 Å². The van der Waals surface area contributed by atoms with Crippen LogP contribution in [0.25, 0.3) is 0 Å². The number of methoxy groups -OCH3 is 1. The zero-order valence-corrected chi connectivity index (χ0v) is 10.6. The van der Waals surface area contributed by atoms with E-state index in [9.17, 15) is 0 Å². The Labute approximate surface area is 107 Å². The molecule has 18 heavy (non-hydrogen) atoms. The second kappa shape index (κ2) is 6.81. The monoisotopic (exact) mass is 245 g/mol. The zero-order chi connectivity index (χ0) is 12.6. The number of nitrogens with one attached hydrogen (secondary N) is 2. The molecule has 0 saturated heterocycles. The van der Waals surface area contributed by atoms with Gasteiger partial charge < -0.3 is 15.0 Å². The average molecular weight is 245 g/mol. The van der Waals surface area contributed by atoms with Crippen LogP contribution >= 0.6 is 0 Å². The maximum absolute atomic E-state index is 5.20. The molecular formula is C14H19N3O. The minimum atomic E-state index is 0.797. The van der Waals surface area contributed by atoms with Crippen molar-refractivity contribution in [2.24, 2.45) is 0 Å². The zero-order valence-electron chi connectivity index (χ0n) is 10.6. The molecule has 4 nitrogen and oxygen atoms in total. The maximum Gasteiger partial charge on any atom is 0.120 e. The lowest BCUT2D eigenvalue weighted by atomic mass is 10.1. The molecule has 0 amide bonds. The van der Waals surface area contributed by atoms with Crippen molar-refractivity contribution in [2.75, 3.05) is 13.7 Å². The molecule has 4 heteroatoms. The van der Waals surface area contributed by atoms with Crippen molar-refractivity contribution in [2.45, 2.75) is 19.4 Å². The van der Waals surface area contributed by atoms with Crippen molar-refractivity contribution in [3.8, 4) is 5.75 Å². The van der Waals surface area contributed by atoms with Crippen molar-refractivity contribution in [1.29, 1.82) is 0 Å². The van der Waals surface area contributed by atoms with Gasteiger partial charge in [0.2, 0.25) is 0 Å². The Kier molecular flexibility index (Phi) is 4.78. The fourth-order valence-electron chi connectivity index (χ4n) is 1.85. The van der Waals surface area contributed by atoms with Crippen LogP contribution in [0, 0.1) is 0 Å². The topological polar surface area (TPSA) is 49.9 Å². The second-order valence-electron chi connectivity index (χ2n) is 4.17. The molecule has 0 fully saturated rings. The van der Waals surface area contributed by atoms with Crippen molar-refractivity contribution in [1.82, 2.24) is 15.3 Å². The summed E-state index contributed by atoms with van der Waals surface area (Å²) in [6.07, 6.45) is 5.77. The predicted molar refractivity (Wildman–Crippen MR) is 71.6 cm³/mol. The highest BCUT2D eigenvalue weighted by molar-refractivity contribution is 5.28. The Hall–Kier alpha value is -1.81. The van der Waals surface area contributed by atoms with Crippen LogP contribution in [0.15, 0.2) is 36.7 Å². The van der Waals surface area contributed by atoms with Gasteiger partial charge in [-0.2, -0.15) is 0 Å². The Balaban J connectivity index is 1.65. The number of aryl methyl sites for hydroxylation is 1. The van der Waals surface area contributed by atoms with Crippen molar-refractivity contribution < 1.29 is 4.74 Å². The highest BCUT2D eigenvalue weighted by Gasteiger charge is 1.97. The van der Waals surface area contributed by atoms with Crippen LogP contribution in [0.1, 0.15) is 17.8 Å². The maximum atomic E-state index is 5.20. The van der Waals surface area contributed by atoms with E-state index in [1.165, 1.54) is 5.56 Å². The van der Waals surface area contributed by atoms with Crippen molar-refractivity contribution in [3.05, 3.63) is 48.0 Å². The molecule has 0 atom stereocenters. The van der Waals surface area contributed by atoms with Gasteiger partial charge in [0.15, 0.2) is 0 Å². The molecule has 0 saturated carbocycles. The number of rotatable bonds is 7. The molecule has 1 heterocycles. The predicted octanol–water partition coefficient (Wildman–Crippen LogP) is 2.14. The van der Waals surface area contributed by atoms with E-state index < -0.39 is 0 Å². The van der Waals surface area contributed by atoms with Gasteiger partial charge in [-0.05, 0) is 37.1 Å². The summed E-state index contributed by atoms with van der Waals surface area (Å²) >= 11 is 0. The van der Waals surface area contributed by atoms with Crippen molar-refractivity contribution in [3.63, 3.8) is 0 Å². The number of H-pyrrole nitrogens is 1. The van der Waals surface area contributed by atoms with E-state index in [-0.39, 0.29) is 0 Å². The van der Waals surface area contributed by atoms with Crippen LogP contribution in [0.2, 0.25) is 0 Å². The first-order chi connectivity index (χ1) is 8.88. The summed E-state index contributed by atoms with van der Waals surface area (Å²) in [4.78, 5) is 7.23. The Bertz CT molecular complexity index is 454. The fraction of sp³-hybridized carbons (Fsp3) is 0.357. The number of nitrogens with zero attached hydrogens (tertiary/aromatic N) is 1. The van der Waals surface area contributed by atoms with Crippen LogP contribution in [-0.4, -0.2) is 23.6 Å². The number of benzene rings is 1. The van der Waals surface area contributed by atoms with Crippen LogP contribution in [-0.2, 0) is 13.0 Å². The van der Waals surface area contributed by atoms with Crippen molar-refractivity contribution >= 4 is 0 Å². The lowest BCUT2D eigenvalue weighted by Crippen LogP contribution is -2.16. The van der Waals surface area contributed by atoms with E-state index in [0.717, 1.165) is 37.5 Å². The Morgan fingerprint density at radius 2 is 2.33 bits per heavy atom. The Morgan fingerprint density at radius 3 is 3.11 bits per heavy atom. The van der Waals surface area contributed by atoms with E-state index in [2.05, 4.69) is 27.4 Å².